The summed E-state index contributed by atoms with van der Waals surface area (Å²) in [6.45, 7) is 4.61. The third-order valence-corrected chi connectivity index (χ3v) is 4.55. The summed E-state index contributed by atoms with van der Waals surface area (Å²) in [5.41, 5.74) is 1.82. The first-order chi connectivity index (χ1) is 13.7. The van der Waals surface area contributed by atoms with Crippen LogP contribution in [-0.4, -0.2) is 57.0 Å². The van der Waals surface area contributed by atoms with Gasteiger partial charge in [-0.05, 0) is 31.2 Å². The van der Waals surface area contributed by atoms with Gasteiger partial charge in [0, 0.05) is 38.1 Å². The molecule has 0 spiro atoms. The van der Waals surface area contributed by atoms with E-state index in [9.17, 15) is 4.79 Å². The number of aryl methyl sites for hydroxylation is 1. The number of carbonyl (C=O) groups is 1. The molecule has 0 bridgehead atoms. The third-order valence-electron chi connectivity index (χ3n) is 4.55. The molecule has 1 fully saturated rings. The van der Waals surface area contributed by atoms with Gasteiger partial charge >= 0.3 is 6.03 Å². The van der Waals surface area contributed by atoms with Crippen LogP contribution >= 0.6 is 0 Å². The molecule has 3 heterocycles. The maximum Gasteiger partial charge on any atom is 0.324 e. The van der Waals surface area contributed by atoms with Crippen molar-refractivity contribution < 1.29 is 4.79 Å². The number of nitrogens with zero attached hydrogens (tertiary/aromatic N) is 6. The highest BCUT2D eigenvalue weighted by Crippen LogP contribution is 2.17. The van der Waals surface area contributed by atoms with Crippen LogP contribution < -0.4 is 10.2 Å². The maximum absolute atomic E-state index is 12.7. The van der Waals surface area contributed by atoms with Crippen molar-refractivity contribution in [2.75, 3.05) is 36.4 Å². The van der Waals surface area contributed by atoms with Crippen LogP contribution in [0.5, 0.6) is 0 Å². The van der Waals surface area contributed by atoms with E-state index < -0.39 is 0 Å². The minimum atomic E-state index is -0.203. The molecule has 1 saturated heterocycles. The summed E-state index contributed by atoms with van der Waals surface area (Å²) in [6.07, 6.45) is 1.68. The van der Waals surface area contributed by atoms with E-state index in [2.05, 4.69) is 42.3 Å². The lowest BCUT2D eigenvalue weighted by Gasteiger charge is -2.35. The Morgan fingerprint density at radius 2 is 1.68 bits per heavy atom. The Morgan fingerprint density at radius 1 is 0.929 bits per heavy atom. The molecule has 0 aliphatic carbocycles. The van der Waals surface area contributed by atoms with Crippen LogP contribution in [0.2, 0.25) is 0 Å². The summed E-state index contributed by atoms with van der Waals surface area (Å²) >= 11 is 0. The van der Waals surface area contributed by atoms with Crippen molar-refractivity contribution in [1.29, 1.82) is 0 Å². The Hall–Kier alpha value is -3.55. The summed E-state index contributed by atoms with van der Waals surface area (Å²) in [5.74, 6) is 1.21. The topological polar surface area (TPSA) is 87.1 Å². The zero-order valence-corrected chi connectivity index (χ0v) is 15.6. The van der Waals surface area contributed by atoms with E-state index in [1.54, 1.807) is 18.0 Å². The molecule has 8 nitrogen and oxygen atoms in total. The highest BCUT2D eigenvalue weighted by atomic mass is 16.2. The summed E-state index contributed by atoms with van der Waals surface area (Å²) in [4.78, 5) is 33.9. The molecule has 142 valence electrons. The average Bonchev–Trinajstić information content (AvgIpc) is 2.75. The van der Waals surface area contributed by atoms with Gasteiger partial charge in [0.15, 0.2) is 5.82 Å². The Balaban J connectivity index is 1.41. The monoisotopic (exact) mass is 375 g/mol. The summed E-state index contributed by atoms with van der Waals surface area (Å²) in [5, 5.41) is 2.80. The first-order valence-corrected chi connectivity index (χ1v) is 9.19. The standard InChI is InChI=1S/C20H21N7O/c1-15-22-18(17-9-5-6-10-21-17)24-19(23-15)25-20(28)27-13-11-26(12-14-27)16-7-3-2-4-8-16/h2-10H,11-14H2,1H3,(H,22,23,24,25,28). The number of rotatable bonds is 3. The Labute approximate surface area is 163 Å². The van der Waals surface area contributed by atoms with Gasteiger partial charge in [-0.25, -0.2) is 9.78 Å². The Bertz CT molecular complexity index is 941. The van der Waals surface area contributed by atoms with Crippen molar-refractivity contribution in [1.82, 2.24) is 24.8 Å². The molecule has 8 heteroatoms. The van der Waals surface area contributed by atoms with Crippen molar-refractivity contribution in [3.05, 3.63) is 60.6 Å². The molecular formula is C20H21N7O. The van der Waals surface area contributed by atoms with Gasteiger partial charge in [-0.1, -0.05) is 24.3 Å². The fourth-order valence-corrected chi connectivity index (χ4v) is 3.13. The van der Waals surface area contributed by atoms with Crippen LogP contribution in [0, 0.1) is 6.92 Å². The van der Waals surface area contributed by atoms with Crippen LogP contribution in [0.1, 0.15) is 5.82 Å². The van der Waals surface area contributed by atoms with Crippen molar-refractivity contribution >= 4 is 17.7 Å². The zero-order valence-electron chi connectivity index (χ0n) is 15.6. The van der Waals surface area contributed by atoms with Gasteiger partial charge in [-0.2, -0.15) is 9.97 Å². The molecule has 0 atom stereocenters. The van der Waals surface area contributed by atoms with Crippen LogP contribution in [-0.2, 0) is 0 Å². The van der Waals surface area contributed by atoms with E-state index in [0.29, 0.717) is 30.4 Å². The molecule has 1 aliphatic heterocycles. The number of amides is 2. The van der Waals surface area contributed by atoms with Gasteiger partial charge in [0.05, 0.1) is 0 Å². The lowest BCUT2D eigenvalue weighted by Crippen LogP contribution is -2.50. The molecule has 1 aromatic carbocycles. The maximum atomic E-state index is 12.7. The summed E-state index contributed by atoms with van der Waals surface area (Å²) < 4.78 is 0. The van der Waals surface area contributed by atoms with E-state index in [1.165, 1.54) is 5.69 Å². The van der Waals surface area contributed by atoms with Crippen LogP contribution in [0.4, 0.5) is 16.4 Å². The lowest BCUT2D eigenvalue weighted by molar-refractivity contribution is 0.208. The number of hydrogen-bond donors (Lipinski definition) is 1. The van der Waals surface area contributed by atoms with Crippen LogP contribution in [0.3, 0.4) is 0 Å². The smallest absolute Gasteiger partial charge is 0.324 e. The molecule has 4 rings (SSSR count). The normalized spacial score (nSPS) is 14.0. The quantitative estimate of drug-likeness (QED) is 0.757. The fraction of sp³-hybridized carbons (Fsp3) is 0.250. The number of nitrogens with one attached hydrogen (secondary N) is 1. The zero-order chi connectivity index (χ0) is 19.3. The first kappa shape index (κ1) is 17.8. The van der Waals surface area contributed by atoms with Crippen LogP contribution in [0.15, 0.2) is 54.7 Å². The van der Waals surface area contributed by atoms with E-state index in [0.717, 1.165) is 13.1 Å². The molecule has 3 aromatic rings. The number of pyridine rings is 1. The average molecular weight is 375 g/mol. The number of benzene rings is 1. The number of aromatic nitrogens is 4. The number of para-hydroxylation sites is 1. The van der Waals surface area contributed by atoms with E-state index >= 15 is 0 Å². The molecule has 0 saturated carbocycles. The Kier molecular flexibility index (Phi) is 5.09. The second-order valence-corrected chi connectivity index (χ2v) is 6.48. The molecular weight excluding hydrogens is 354 g/mol. The van der Waals surface area contributed by atoms with Gasteiger partial charge in [-0.15, -0.1) is 0 Å². The van der Waals surface area contributed by atoms with E-state index in [1.807, 2.05) is 36.4 Å². The van der Waals surface area contributed by atoms with E-state index in [4.69, 9.17) is 0 Å². The molecule has 2 aromatic heterocycles. The predicted octanol–water partition coefficient (Wildman–Crippen LogP) is 2.60. The van der Waals surface area contributed by atoms with Gasteiger partial charge in [0.25, 0.3) is 0 Å². The fourth-order valence-electron chi connectivity index (χ4n) is 3.13. The molecule has 0 unspecified atom stereocenters. The molecule has 0 radical (unpaired) electrons. The number of carbonyl (C=O) groups excluding carboxylic acids is 1. The SMILES string of the molecule is Cc1nc(NC(=O)N2CCN(c3ccccc3)CC2)nc(-c2ccccn2)n1. The van der Waals surface area contributed by atoms with Gasteiger partial charge in [0.1, 0.15) is 11.5 Å². The third kappa shape index (κ3) is 4.06. The molecule has 1 N–H and O–H groups in total. The van der Waals surface area contributed by atoms with Crippen molar-refractivity contribution in [2.24, 2.45) is 0 Å². The lowest BCUT2D eigenvalue weighted by atomic mass is 10.2. The van der Waals surface area contributed by atoms with E-state index in [-0.39, 0.29) is 12.0 Å². The second kappa shape index (κ2) is 7.99. The van der Waals surface area contributed by atoms with Gasteiger partial charge in [0.2, 0.25) is 5.95 Å². The van der Waals surface area contributed by atoms with Gasteiger partial charge in [-0.3, -0.25) is 10.3 Å². The number of piperazine rings is 1. The second-order valence-electron chi connectivity index (χ2n) is 6.48. The minimum absolute atomic E-state index is 0.203. The largest absolute Gasteiger partial charge is 0.368 e. The van der Waals surface area contributed by atoms with Crippen molar-refractivity contribution in [2.45, 2.75) is 6.92 Å². The highest BCUT2D eigenvalue weighted by molar-refractivity contribution is 5.87. The molecule has 1 aliphatic rings. The number of anilines is 2. The highest BCUT2D eigenvalue weighted by Gasteiger charge is 2.22. The Morgan fingerprint density at radius 3 is 2.39 bits per heavy atom. The van der Waals surface area contributed by atoms with Crippen LogP contribution in [0.25, 0.3) is 11.5 Å². The first-order valence-electron chi connectivity index (χ1n) is 9.19. The summed E-state index contributed by atoms with van der Waals surface area (Å²) in [6, 6.07) is 15.5. The predicted molar refractivity (Wildman–Crippen MR) is 107 cm³/mol. The van der Waals surface area contributed by atoms with Crippen molar-refractivity contribution in [3.63, 3.8) is 0 Å². The molecule has 28 heavy (non-hydrogen) atoms. The van der Waals surface area contributed by atoms with Crippen molar-refractivity contribution in [3.8, 4) is 11.5 Å². The minimum Gasteiger partial charge on any atom is -0.368 e. The number of hydrogen-bond acceptors (Lipinski definition) is 6. The number of urea groups is 1. The summed E-state index contributed by atoms with van der Waals surface area (Å²) in [7, 11) is 0. The van der Waals surface area contributed by atoms with Gasteiger partial charge < -0.3 is 9.80 Å². The molecule has 2 amide bonds.